The van der Waals surface area contributed by atoms with E-state index in [1.54, 1.807) is 13.8 Å². The topological polar surface area (TPSA) is 107 Å². The molecule has 0 fully saturated rings. The van der Waals surface area contributed by atoms with Gasteiger partial charge in [-0.3, -0.25) is 24.3 Å². The number of aryl methyl sites for hydroxylation is 1. The molecule has 1 N–H and O–H groups in total. The van der Waals surface area contributed by atoms with Crippen LogP contribution >= 0.6 is 11.6 Å². The minimum Gasteiger partial charge on any atom is -0.350 e. The fraction of sp³-hybridized carbons (Fsp3) is 0.267. The smallest absolute Gasteiger partial charge is 0.270 e. The van der Waals surface area contributed by atoms with E-state index < -0.39 is 10.8 Å². The second-order valence-electron chi connectivity index (χ2n) is 5.13. The van der Waals surface area contributed by atoms with Crippen molar-refractivity contribution in [2.24, 2.45) is 0 Å². The average molecular weight is 351 g/mol. The molecule has 24 heavy (non-hydrogen) atoms. The van der Waals surface area contributed by atoms with Crippen LogP contribution in [0, 0.1) is 24.0 Å². The maximum absolute atomic E-state index is 12.1. The second kappa shape index (κ2) is 7.22. The molecule has 0 aliphatic rings. The van der Waals surface area contributed by atoms with Gasteiger partial charge in [0.2, 0.25) is 0 Å². The Labute approximate surface area is 142 Å². The summed E-state index contributed by atoms with van der Waals surface area (Å²) in [5, 5.41) is 13.5. The van der Waals surface area contributed by atoms with E-state index in [4.69, 9.17) is 11.6 Å². The summed E-state index contributed by atoms with van der Waals surface area (Å²) in [6.45, 7) is 3.81. The summed E-state index contributed by atoms with van der Waals surface area (Å²) in [5.41, 5.74) is 0.815. The van der Waals surface area contributed by atoms with Crippen LogP contribution < -0.4 is 10.9 Å². The van der Waals surface area contributed by atoms with Crippen molar-refractivity contribution < 1.29 is 9.72 Å². The molecule has 126 valence electrons. The van der Waals surface area contributed by atoms with Gasteiger partial charge in [0.15, 0.2) is 0 Å². The number of aromatic nitrogens is 2. The fourth-order valence-electron chi connectivity index (χ4n) is 2.02. The van der Waals surface area contributed by atoms with Crippen LogP contribution in [0.25, 0.3) is 0 Å². The number of nitro groups is 1. The quantitative estimate of drug-likeness (QED) is 0.654. The maximum atomic E-state index is 12.1. The Morgan fingerprint density at radius 3 is 2.79 bits per heavy atom. The summed E-state index contributed by atoms with van der Waals surface area (Å²) in [6.07, 6.45) is 1.41. The molecular formula is C15H15ClN4O4. The summed E-state index contributed by atoms with van der Waals surface area (Å²) >= 11 is 5.91. The zero-order valence-corrected chi connectivity index (χ0v) is 13.8. The second-order valence-corrected chi connectivity index (χ2v) is 5.54. The highest BCUT2D eigenvalue weighted by molar-refractivity contribution is 6.33. The third kappa shape index (κ3) is 3.77. The molecule has 0 spiro atoms. The lowest BCUT2D eigenvalue weighted by molar-refractivity contribution is -0.384. The molecule has 0 radical (unpaired) electrons. The lowest BCUT2D eigenvalue weighted by Gasteiger charge is -2.09. The molecule has 0 saturated carbocycles. The zero-order valence-electron chi connectivity index (χ0n) is 13.1. The van der Waals surface area contributed by atoms with Crippen molar-refractivity contribution in [1.82, 2.24) is 14.9 Å². The van der Waals surface area contributed by atoms with Crippen LogP contribution in [0.3, 0.4) is 0 Å². The van der Waals surface area contributed by atoms with E-state index in [2.05, 4.69) is 10.3 Å². The van der Waals surface area contributed by atoms with Gasteiger partial charge >= 0.3 is 0 Å². The van der Waals surface area contributed by atoms with Gasteiger partial charge in [-0.1, -0.05) is 11.6 Å². The van der Waals surface area contributed by atoms with E-state index in [1.165, 1.54) is 23.0 Å². The molecule has 0 aliphatic carbocycles. The SMILES string of the molecule is Cc1ncn(CCNC(=O)c2cc([N+](=O)[O-])ccc2Cl)c(=O)c1C. The van der Waals surface area contributed by atoms with E-state index in [0.29, 0.717) is 11.3 Å². The Balaban J connectivity index is 2.07. The number of carbonyl (C=O) groups is 1. The lowest BCUT2D eigenvalue weighted by atomic mass is 10.2. The largest absolute Gasteiger partial charge is 0.350 e. The van der Waals surface area contributed by atoms with Crippen molar-refractivity contribution >= 4 is 23.2 Å². The van der Waals surface area contributed by atoms with Gasteiger partial charge in [-0.2, -0.15) is 0 Å². The minimum atomic E-state index is -0.604. The first-order valence-electron chi connectivity index (χ1n) is 7.06. The van der Waals surface area contributed by atoms with Gasteiger partial charge in [0, 0.05) is 36.5 Å². The van der Waals surface area contributed by atoms with Crippen LogP contribution in [0.2, 0.25) is 5.02 Å². The third-order valence-corrected chi connectivity index (χ3v) is 3.89. The van der Waals surface area contributed by atoms with Crippen molar-refractivity contribution in [3.63, 3.8) is 0 Å². The molecule has 1 amide bonds. The standard InChI is InChI=1S/C15H15ClN4O4/c1-9-10(2)18-8-19(15(9)22)6-5-17-14(21)12-7-11(20(23)24)3-4-13(12)16/h3-4,7-8H,5-6H2,1-2H3,(H,17,21). The Bertz CT molecular complexity index is 863. The maximum Gasteiger partial charge on any atom is 0.270 e. The van der Waals surface area contributed by atoms with Crippen LogP contribution in [-0.4, -0.2) is 26.9 Å². The Morgan fingerprint density at radius 1 is 1.42 bits per heavy atom. The summed E-state index contributed by atoms with van der Waals surface area (Å²) in [7, 11) is 0. The first-order chi connectivity index (χ1) is 11.3. The molecule has 0 bridgehead atoms. The van der Waals surface area contributed by atoms with Gasteiger partial charge in [0.25, 0.3) is 17.2 Å². The van der Waals surface area contributed by atoms with Crippen LogP contribution in [-0.2, 0) is 6.54 Å². The van der Waals surface area contributed by atoms with Gasteiger partial charge in [0.1, 0.15) is 0 Å². The third-order valence-electron chi connectivity index (χ3n) is 3.56. The van der Waals surface area contributed by atoms with Crippen LogP contribution in [0.1, 0.15) is 21.6 Å². The summed E-state index contributed by atoms with van der Waals surface area (Å²) in [4.78, 5) is 38.4. The summed E-state index contributed by atoms with van der Waals surface area (Å²) in [5.74, 6) is -0.548. The van der Waals surface area contributed by atoms with E-state index in [1.807, 2.05) is 0 Å². The fourth-order valence-corrected chi connectivity index (χ4v) is 2.22. The number of nitrogens with zero attached hydrogens (tertiary/aromatic N) is 3. The highest BCUT2D eigenvalue weighted by Gasteiger charge is 2.15. The van der Waals surface area contributed by atoms with Crippen molar-refractivity contribution in [3.05, 3.63) is 66.8 Å². The Kier molecular flexibility index (Phi) is 5.30. The number of carbonyl (C=O) groups excluding carboxylic acids is 1. The monoisotopic (exact) mass is 350 g/mol. The lowest BCUT2D eigenvalue weighted by Crippen LogP contribution is -2.32. The minimum absolute atomic E-state index is 0.0106. The first kappa shape index (κ1) is 17.6. The molecule has 0 unspecified atom stereocenters. The summed E-state index contributed by atoms with van der Waals surface area (Å²) in [6, 6.07) is 3.63. The van der Waals surface area contributed by atoms with E-state index in [-0.39, 0.29) is 34.9 Å². The predicted octanol–water partition coefficient (Wildman–Crippen LogP) is 1.85. The number of hydrogen-bond acceptors (Lipinski definition) is 5. The van der Waals surface area contributed by atoms with Gasteiger partial charge in [-0.25, -0.2) is 4.98 Å². The van der Waals surface area contributed by atoms with Crippen molar-refractivity contribution in [2.75, 3.05) is 6.54 Å². The van der Waals surface area contributed by atoms with Crippen molar-refractivity contribution in [3.8, 4) is 0 Å². The molecule has 1 heterocycles. The number of halogens is 1. The molecule has 0 atom stereocenters. The molecule has 2 aromatic rings. The van der Waals surface area contributed by atoms with Gasteiger partial charge in [-0.05, 0) is 19.9 Å². The molecule has 2 rings (SSSR count). The Morgan fingerprint density at radius 2 is 2.12 bits per heavy atom. The number of nitro benzene ring substituents is 1. The van der Waals surface area contributed by atoms with E-state index in [9.17, 15) is 19.7 Å². The van der Waals surface area contributed by atoms with E-state index in [0.717, 1.165) is 6.07 Å². The number of benzene rings is 1. The van der Waals surface area contributed by atoms with Crippen LogP contribution in [0.15, 0.2) is 29.3 Å². The normalized spacial score (nSPS) is 10.5. The van der Waals surface area contributed by atoms with Gasteiger partial charge < -0.3 is 5.32 Å². The van der Waals surface area contributed by atoms with Crippen molar-refractivity contribution in [1.29, 1.82) is 0 Å². The molecule has 1 aromatic heterocycles. The first-order valence-corrected chi connectivity index (χ1v) is 7.44. The number of amides is 1. The predicted molar refractivity (Wildman–Crippen MR) is 88.4 cm³/mol. The number of non-ortho nitro benzene ring substituents is 1. The van der Waals surface area contributed by atoms with Crippen LogP contribution in [0.5, 0.6) is 0 Å². The number of nitrogens with one attached hydrogen (secondary N) is 1. The molecule has 8 nitrogen and oxygen atoms in total. The van der Waals surface area contributed by atoms with Crippen molar-refractivity contribution in [2.45, 2.75) is 20.4 Å². The number of hydrogen-bond donors (Lipinski definition) is 1. The molecule has 0 aliphatic heterocycles. The van der Waals surface area contributed by atoms with E-state index >= 15 is 0 Å². The average Bonchev–Trinajstić information content (AvgIpc) is 2.54. The zero-order chi connectivity index (χ0) is 17.9. The molecular weight excluding hydrogens is 336 g/mol. The molecule has 1 aromatic carbocycles. The summed E-state index contributed by atoms with van der Waals surface area (Å²) < 4.78 is 1.39. The van der Waals surface area contributed by atoms with Crippen LogP contribution in [0.4, 0.5) is 5.69 Å². The van der Waals surface area contributed by atoms with Gasteiger partial charge in [0.05, 0.1) is 21.8 Å². The highest BCUT2D eigenvalue weighted by Crippen LogP contribution is 2.21. The van der Waals surface area contributed by atoms with Gasteiger partial charge in [-0.15, -0.1) is 0 Å². The Hall–Kier alpha value is -2.74. The molecule has 0 saturated heterocycles. The number of rotatable bonds is 5. The molecule has 9 heteroatoms. The highest BCUT2D eigenvalue weighted by atomic mass is 35.5.